The second-order valence-electron chi connectivity index (χ2n) is 9.59. The lowest BCUT2D eigenvalue weighted by Crippen LogP contribution is -2.43. The lowest BCUT2D eigenvalue weighted by Gasteiger charge is -2.32. The summed E-state index contributed by atoms with van der Waals surface area (Å²) in [6, 6.07) is 7.71. The van der Waals surface area contributed by atoms with Crippen molar-refractivity contribution in [2.45, 2.75) is 59.4 Å². The topological polar surface area (TPSA) is 77.3 Å². The number of nitrogens with zero attached hydrogens (tertiary/aromatic N) is 4. The van der Waals surface area contributed by atoms with E-state index in [9.17, 15) is 9.59 Å². The molecule has 1 aliphatic rings. The number of thiazole rings is 1. The fourth-order valence-corrected chi connectivity index (χ4v) is 5.09. The van der Waals surface area contributed by atoms with Crippen LogP contribution in [0.3, 0.4) is 0 Å². The molecule has 7 nitrogen and oxygen atoms in total. The summed E-state index contributed by atoms with van der Waals surface area (Å²) in [6.07, 6.45) is 11.3. The molecule has 0 radical (unpaired) electrons. The van der Waals surface area contributed by atoms with Crippen LogP contribution in [0.5, 0.6) is 0 Å². The minimum absolute atomic E-state index is 0.0374. The minimum atomic E-state index is -0.475. The van der Waals surface area contributed by atoms with E-state index >= 15 is 0 Å². The summed E-state index contributed by atoms with van der Waals surface area (Å²) in [7, 11) is 0. The molecule has 0 saturated heterocycles. The first-order valence-corrected chi connectivity index (χ1v) is 13.5. The van der Waals surface area contributed by atoms with E-state index in [0.717, 1.165) is 41.9 Å². The van der Waals surface area contributed by atoms with Crippen LogP contribution >= 0.6 is 11.3 Å². The van der Waals surface area contributed by atoms with Gasteiger partial charge in [0.1, 0.15) is 10.6 Å². The first kappa shape index (κ1) is 25.8. The van der Waals surface area contributed by atoms with Crippen LogP contribution in [0.2, 0.25) is 0 Å². The molecule has 1 saturated carbocycles. The Hall–Kier alpha value is -3.26. The largest absolute Gasteiger partial charge is 0.462 e. The maximum absolute atomic E-state index is 13.7. The second-order valence-corrected chi connectivity index (χ2v) is 10.5. The number of esters is 1. The molecule has 36 heavy (non-hydrogen) atoms. The molecule has 3 aromatic rings. The van der Waals surface area contributed by atoms with Crippen molar-refractivity contribution in [3.63, 3.8) is 0 Å². The van der Waals surface area contributed by atoms with E-state index in [1.54, 1.807) is 40.2 Å². The first-order valence-electron chi connectivity index (χ1n) is 12.6. The van der Waals surface area contributed by atoms with Gasteiger partial charge in [0.15, 0.2) is 5.82 Å². The Morgan fingerprint density at radius 3 is 2.50 bits per heavy atom. The van der Waals surface area contributed by atoms with E-state index in [4.69, 9.17) is 9.84 Å². The molecule has 1 aromatic carbocycles. The van der Waals surface area contributed by atoms with E-state index in [-0.39, 0.29) is 24.5 Å². The minimum Gasteiger partial charge on any atom is -0.462 e. The summed E-state index contributed by atoms with van der Waals surface area (Å²) >= 11 is 1.58. The number of carbonyl (C=O) groups is 2. The van der Waals surface area contributed by atoms with E-state index in [2.05, 4.69) is 11.9 Å². The van der Waals surface area contributed by atoms with Gasteiger partial charge in [-0.15, -0.1) is 16.4 Å². The average Bonchev–Trinajstić information content (AvgIpc) is 3.54. The van der Waals surface area contributed by atoms with Crippen molar-refractivity contribution in [1.82, 2.24) is 14.8 Å². The Morgan fingerprint density at radius 2 is 1.89 bits per heavy atom. The number of amides is 1. The Kier molecular flexibility index (Phi) is 8.36. The van der Waals surface area contributed by atoms with Crippen molar-refractivity contribution in [2.75, 3.05) is 11.5 Å². The molecule has 0 N–H and O–H groups in total. The second kappa shape index (κ2) is 11.6. The summed E-state index contributed by atoms with van der Waals surface area (Å²) in [5, 5.41) is 7.64. The van der Waals surface area contributed by atoms with Crippen molar-refractivity contribution < 1.29 is 14.3 Å². The lowest BCUT2D eigenvalue weighted by atomic mass is 9.82. The predicted octanol–water partition coefficient (Wildman–Crippen LogP) is 6.24. The number of hydrogen-bond donors (Lipinski definition) is 0. The summed E-state index contributed by atoms with van der Waals surface area (Å²) in [5.74, 6) is 0.524. The van der Waals surface area contributed by atoms with Crippen molar-refractivity contribution in [2.24, 2.45) is 11.8 Å². The van der Waals surface area contributed by atoms with Crippen LogP contribution in [-0.2, 0) is 9.53 Å². The van der Waals surface area contributed by atoms with Gasteiger partial charge in [-0.1, -0.05) is 25.1 Å². The van der Waals surface area contributed by atoms with Crippen molar-refractivity contribution in [3.8, 4) is 5.69 Å². The molecular formula is C28H34N4O3S. The smallest absolute Gasteiger partial charge is 0.343 e. The molecule has 190 valence electrons. The maximum atomic E-state index is 13.7. The first-order chi connectivity index (χ1) is 17.4. The summed E-state index contributed by atoms with van der Waals surface area (Å²) in [4.78, 5) is 32.5. The lowest BCUT2D eigenvalue weighted by molar-refractivity contribution is -0.124. The number of hydrogen-bond acceptors (Lipinski definition) is 6. The van der Waals surface area contributed by atoms with Gasteiger partial charge in [-0.2, -0.15) is 0 Å². The van der Waals surface area contributed by atoms with Crippen LogP contribution in [0.25, 0.3) is 17.8 Å². The predicted molar refractivity (Wildman–Crippen MR) is 144 cm³/mol. The zero-order chi connectivity index (χ0) is 25.7. The van der Waals surface area contributed by atoms with Crippen LogP contribution in [0.4, 0.5) is 5.82 Å². The highest BCUT2D eigenvalue weighted by Crippen LogP contribution is 2.33. The third-order valence-electron chi connectivity index (χ3n) is 6.56. The van der Waals surface area contributed by atoms with Crippen LogP contribution < -0.4 is 4.90 Å². The maximum Gasteiger partial charge on any atom is 0.343 e. The third-order valence-corrected chi connectivity index (χ3v) is 7.31. The van der Waals surface area contributed by atoms with E-state index in [1.165, 1.54) is 0 Å². The molecule has 2 heterocycles. The SMILES string of the molecule is CCOC(=O)c1cn(-c2ccc(/C=C/c3nccs3)cc2)nc1N(C(=O)C1CCC(C)CC1)C(C)C. The molecule has 8 heteroatoms. The highest BCUT2D eigenvalue weighted by Gasteiger charge is 2.34. The Bertz CT molecular complexity index is 1190. The van der Waals surface area contributed by atoms with Crippen molar-refractivity contribution >= 4 is 41.2 Å². The van der Waals surface area contributed by atoms with E-state index in [0.29, 0.717) is 17.3 Å². The van der Waals surface area contributed by atoms with Gasteiger partial charge in [-0.3, -0.25) is 9.69 Å². The standard InChI is InChI=1S/C28H34N4O3S/c1-5-35-28(34)24-18-31(23-13-8-21(9-14-23)10-15-25-29-16-17-36-25)30-26(24)32(19(2)3)27(33)22-11-6-20(4)7-12-22/h8-10,13-20,22H,5-7,11-12H2,1-4H3/b15-10+. The molecule has 0 spiro atoms. The van der Waals surface area contributed by atoms with Gasteiger partial charge in [0, 0.05) is 29.7 Å². The zero-order valence-corrected chi connectivity index (χ0v) is 22.2. The Balaban J connectivity index is 1.65. The third kappa shape index (κ3) is 5.93. The van der Waals surface area contributed by atoms with Crippen molar-refractivity contribution in [3.05, 3.63) is 58.2 Å². The quantitative estimate of drug-likeness (QED) is 0.338. The Labute approximate surface area is 216 Å². The molecule has 0 atom stereocenters. The number of aromatic nitrogens is 3. The molecule has 1 fully saturated rings. The van der Waals surface area contributed by atoms with Gasteiger partial charge in [0.2, 0.25) is 5.91 Å². The highest BCUT2D eigenvalue weighted by molar-refractivity contribution is 7.10. The molecule has 1 aliphatic carbocycles. The molecule has 0 bridgehead atoms. The van der Waals surface area contributed by atoms with E-state index < -0.39 is 5.97 Å². The van der Waals surface area contributed by atoms with E-state index in [1.807, 2.05) is 55.6 Å². The van der Waals surface area contributed by atoms with Gasteiger partial charge < -0.3 is 4.74 Å². The van der Waals surface area contributed by atoms with Crippen LogP contribution in [0.15, 0.2) is 42.0 Å². The van der Waals surface area contributed by atoms with Gasteiger partial charge in [0.25, 0.3) is 0 Å². The van der Waals surface area contributed by atoms with Gasteiger partial charge in [0.05, 0.1) is 12.3 Å². The summed E-state index contributed by atoms with van der Waals surface area (Å²) in [5.41, 5.74) is 2.12. The zero-order valence-electron chi connectivity index (χ0n) is 21.4. The Morgan fingerprint density at radius 1 is 1.17 bits per heavy atom. The number of rotatable bonds is 8. The molecule has 1 amide bonds. The van der Waals surface area contributed by atoms with Gasteiger partial charge in [-0.05, 0) is 76.1 Å². The van der Waals surface area contributed by atoms with Gasteiger partial charge in [-0.25, -0.2) is 14.5 Å². The van der Waals surface area contributed by atoms with Crippen LogP contribution in [-0.4, -0.2) is 39.3 Å². The normalized spacial score (nSPS) is 18.0. The number of benzene rings is 1. The molecule has 4 rings (SSSR count). The summed E-state index contributed by atoms with van der Waals surface area (Å²) < 4.78 is 6.98. The van der Waals surface area contributed by atoms with Gasteiger partial charge >= 0.3 is 5.97 Å². The van der Waals surface area contributed by atoms with Crippen molar-refractivity contribution in [1.29, 1.82) is 0 Å². The molecular weight excluding hydrogens is 472 g/mol. The fourth-order valence-electron chi connectivity index (χ4n) is 4.56. The molecule has 2 aromatic heterocycles. The molecule has 0 unspecified atom stereocenters. The molecule has 0 aliphatic heterocycles. The number of carbonyl (C=O) groups excluding carboxylic acids is 2. The fraction of sp³-hybridized carbons (Fsp3) is 0.429. The number of ether oxygens (including phenoxy) is 1. The monoisotopic (exact) mass is 506 g/mol. The summed E-state index contributed by atoms with van der Waals surface area (Å²) in [6.45, 7) is 8.18. The highest BCUT2D eigenvalue weighted by atomic mass is 32.1. The average molecular weight is 507 g/mol. The van der Waals surface area contributed by atoms with Crippen LogP contribution in [0.1, 0.15) is 74.3 Å². The number of anilines is 1. The van der Waals surface area contributed by atoms with Crippen LogP contribution in [0, 0.1) is 11.8 Å².